The van der Waals surface area contributed by atoms with Gasteiger partial charge in [0.1, 0.15) is 11.9 Å². The highest BCUT2D eigenvalue weighted by atomic mass is 19.1. The van der Waals surface area contributed by atoms with Crippen molar-refractivity contribution in [3.63, 3.8) is 0 Å². The zero-order chi connectivity index (χ0) is 11.6. The lowest BCUT2D eigenvalue weighted by atomic mass is 10.1. The van der Waals surface area contributed by atoms with Gasteiger partial charge in [0.05, 0.1) is 5.56 Å². The number of halogens is 1. The molecule has 0 amide bonds. The first-order chi connectivity index (χ1) is 6.74. The maximum atomic E-state index is 12.5. The van der Waals surface area contributed by atoms with E-state index in [1.54, 1.807) is 12.1 Å². The van der Waals surface area contributed by atoms with Gasteiger partial charge in [-0.2, -0.15) is 5.26 Å². The maximum absolute atomic E-state index is 12.5. The van der Waals surface area contributed by atoms with Gasteiger partial charge in [-0.25, -0.2) is 4.39 Å². The van der Waals surface area contributed by atoms with E-state index in [1.165, 1.54) is 12.1 Å². The third-order valence-corrected chi connectivity index (χ3v) is 1.24. The van der Waals surface area contributed by atoms with E-state index >= 15 is 0 Å². The van der Waals surface area contributed by atoms with E-state index in [-0.39, 0.29) is 5.56 Å². The summed E-state index contributed by atoms with van der Waals surface area (Å²) in [6.07, 6.45) is 0. The fraction of sp³-hybridized carbons (Fsp3) is 0.417. The quantitative estimate of drug-likeness (QED) is 0.612. The molecule has 0 aliphatic carbocycles. The lowest BCUT2D eigenvalue weighted by molar-refractivity contribution is 0.623. The van der Waals surface area contributed by atoms with Crippen LogP contribution in [0, 0.1) is 24.1 Å². The van der Waals surface area contributed by atoms with Crippen LogP contribution >= 0.6 is 0 Å². The second-order valence-corrected chi connectivity index (χ2v) is 2.10. The Labute approximate surface area is 86.2 Å². The maximum Gasteiger partial charge on any atom is 0.140 e. The van der Waals surface area contributed by atoms with E-state index < -0.39 is 5.82 Å². The summed E-state index contributed by atoms with van der Waals surface area (Å²) in [6.45, 7) is 9.82. The fourth-order valence-electron chi connectivity index (χ4n) is 0.725. The van der Waals surface area contributed by atoms with Crippen molar-refractivity contribution in [1.82, 2.24) is 0 Å². The highest BCUT2D eigenvalue weighted by Gasteiger charge is 1.98. The number of benzene rings is 1. The molecule has 0 atom stereocenters. The van der Waals surface area contributed by atoms with Gasteiger partial charge in [-0.05, 0) is 24.6 Å². The summed E-state index contributed by atoms with van der Waals surface area (Å²) in [5.41, 5.74) is 1.01. The van der Waals surface area contributed by atoms with Gasteiger partial charge in [0, 0.05) is 0 Å². The summed E-state index contributed by atoms with van der Waals surface area (Å²) in [6, 6.07) is 6.22. The van der Waals surface area contributed by atoms with Crippen molar-refractivity contribution in [3.8, 4) is 6.07 Å². The lowest BCUT2D eigenvalue weighted by Crippen LogP contribution is -1.83. The van der Waals surface area contributed by atoms with Crippen molar-refractivity contribution in [2.45, 2.75) is 34.6 Å². The third-order valence-electron chi connectivity index (χ3n) is 1.24. The summed E-state index contributed by atoms with van der Waals surface area (Å²) in [7, 11) is 0. The molecule has 1 aromatic carbocycles. The van der Waals surface area contributed by atoms with Crippen molar-refractivity contribution in [2.24, 2.45) is 0 Å². The number of aryl methyl sites for hydroxylation is 1. The first-order valence-corrected chi connectivity index (χ1v) is 4.90. The Balaban J connectivity index is 0. The molecule has 0 fully saturated rings. The smallest absolute Gasteiger partial charge is 0.140 e. The Morgan fingerprint density at radius 3 is 2.00 bits per heavy atom. The molecule has 0 saturated heterocycles. The van der Waals surface area contributed by atoms with E-state index in [4.69, 9.17) is 5.26 Å². The van der Waals surface area contributed by atoms with Crippen LogP contribution in [-0.4, -0.2) is 0 Å². The predicted molar refractivity (Wildman–Crippen MR) is 58.5 cm³/mol. The van der Waals surface area contributed by atoms with Crippen molar-refractivity contribution in [1.29, 1.82) is 5.26 Å². The minimum atomic E-state index is -0.451. The summed E-state index contributed by atoms with van der Waals surface area (Å²) in [4.78, 5) is 0. The molecule has 1 aromatic rings. The summed E-state index contributed by atoms with van der Waals surface area (Å²) < 4.78 is 12.5. The molecule has 78 valence electrons. The van der Waals surface area contributed by atoms with Gasteiger partial charge in [-0.15, -0.1) is 0 Å². The molecule has 0 N–H and O–H groups in total. The molecule has 0 aromatic heterocycles. The van der Waals surface area contributed by atoms with Crippen LogP contribution in [0.15, 0.2) is 18.2 Å². The highest BCUT2D eigenvalue weighted by molar-refractivity contribution is 5.33. The largest absolute Gasteiger partial charge is 0.206 e. The Kier molecular flexibility index (Phi) is 10.5. The SMILES string of the molecule is CC.CC.Cc1ccc(F)c(C#N)c1. The summed E-state index contributed by atoms with van der Waals surface area (Å²) in [5.74, 6) is -0.451. The zero-order valence-electron chi connectivity index (χ0n) is 9.56. The molecule has 0 aliphatic rings. The molecular formula is C12H18FN. The number of nitrogens with zero attached hydrogens (tertiary/aromatic N) is 1. The predicted octanol–water partition coefficient (Wildman–Crippen LogP) is 4.06. The van der Waals surface area contributed by atoms with E-state index in [0.717, 1.165) is 5.56 Å². The van der Waals surface area contributed by atoms with Crippen LogP contribution < -0.4 is 0 Å². The van der Waals surface area contributed by atoms with E-state index in [1.807, 2.05) is 34.6 Å². The van der Waals surface area contributed by atoms with Gasteiger partial charge in [-0.1, -0.05) is 33.8 Å². The Morgan fingerprint density at radius 2 is 1.64 bits per heavy atom. The highest BCUT2D eigenvalue weighted by Crippen LogP contribution is 2.07. The Morgan fingerprint density at radius 1 is 1.14 bits per heavy atom. The molecule has 0 saturated carbocycles. The first kappa shape index (κ1) is 15.1. The summed E-state index contributed by atoms with van der Waals surface area (Å²) >= 11 is 0. The number of hydrogen-bond donors (Lipinski definition) is 0. The van der Waals surface area contributed by atoms with Crippen LogP contribution in [0.2, 0.25) is 0 Å². The molecule has 0 heterocycles. The monoisotopic (exact) mass is 195 g/mol. The molecule has 2 heteroatoms. The normalized spacial score (nSPS) is 7.21. The van der Waals surface area contributed by atoms with Crippen molar-refractivity contribution >= 4 is 0 Å². The van der Waals surface area contributed by atoms with E-state index in [0.29, 0.717) is 0 Å². The molecule has 1 rings (SSSR count). The fourth-order valence-corrected chi connectivity index (χ4v) is 0.725. The molecular weight excluding hydrogens is 177 g/mol. The number of hydrogen-bond acceptors (Lipinski definition) is 1. The number of nitriles is 1. The molecule has 14 heavy (non-hydrogen) atoms. The number of rotatable bonds is 0. The Bertz CT molecular complexity index is 287. The van der Waals surface area contributed by atoms with Crippen LogP contribution in [0.4, 0.5) is 4.39 Å². The minimum Gasteiger partial charge on any atom is -0.206 e. The summed E-state index contributed by atoms with van der Waals surface area (Å²) in [5, 5.41) is 8.35. The van der Waals surface area contributed by atoms with Gasteiger partial charge < -0.3 is 0 Å². The molecule has 0 unspecified atom stereocenters. The molecule has 0 bridgehead atoms. The average molecular weight is 195 g/mol. The second kappa shape index (κ2) is 9.73. The minimum absolute atomic E-state index is 0.111. The van der Waals surface area contributed by atoms with Gasteiger partial charge in [0.25, 0.3) is 0 Å². The van der Waals surface area contributed by atoms with Crippen LogP contribution in [-0.2, 0) is 0 Å². The lowest BCUT2D eigenvalue weighted by Gasteiger charge is -1.92. The standard InChI is InChI=1S/C8H6FN.2C2H6/c1-6-2-3-8(9)7(4-6)5-10;2*1-2/h2-4H,1H3;2*1-2H3. The van der Waals surface area contributed by atoms with Crippen molar-refractivity contribution < 1.29 is 4.39 Å². The van der Waals surface area contributed by atoms with Gasteiger partial charge in [0.15, 0.2) is 0 Å². The van der Waals surface area contributed by atoms with Crippen LogP contribution in [0.25, 0.3) is 0 Å². The van der Waals surface area contributed by atoms with Crippen LogP contribution in [0.5, 0.6) is 0 Å². The zero-order valence-corrected chi connectivity index (χ0v) is 9.56. The van der Waals surface area contributed by atoms with E-state index in [2.05, 4.69) is 0 Å². The second-order valence-electron chi connectivity index (χ2n) is 2.10. The van der Waals surface area contributed by atoms with Gasteiger partial charge >= 0.3 is 0 Å². The van der Waals surface area contributed by atoms with Crippen LogP contribution in [0.1, 0.15) is 38.8 Å². The molecule has 1 nitrogen and oxygen atoms in total. The van der Waals surface area contributed by atoms with Gasteiger partial charge in [-0.3, -0.25) is 0 Å². The third kappa shape index (κ3) is 5.31. The average Bonchev–Trinajstić information content (AvgIpc) is 2.27. The van der Waals surface area contributed by atoms with Gasteiger partial charge in [0.2, 0.25) is 0 Å². The van der Waals surface area contributed by atoms with Crippen molar-refractivity contribution in [2.75, 3.05) is 0 Å². The van der Waals surface area contributed by atoms with Crippen molar-refractivity contribution in [3.05, 3.63) is 35.1 Å². The Hall–Kier alpha value is -1.36. The van der Waals surface area contributed by atoms with E-state index in [9.17, 15) is 4.39 Å². The topological polar surface area (TPSA) is 23.8 Å². The molecule has 0 aliphatic heterocycles. The molecule has 0 radical (unpaired) electrons. The van der Waals surface area contributed by atoms with Crippen LogP contribution in [0.3, 0.4) is 0 Å². The molecule has 0 spiro atoms. The first-order valence-electron chi connectivity index (χ1n) is 4.90.